The molecule has 0 saturated carbocycles. The van der Waals surface area contributed by atoms with E-state index in [0.717, 1.165) is 0 Å². The lowest BCUT2D eigenvalue weighted by molar-refractivity contribution is -0.191. The van der Waals surface area contributed by atoms with Crippen LogP contribution in [0.1, 0.15) is 37.0 Å². The highest BCUT2D eigenvalue weighted by atomic mass is 16.6. The van der Waals surface area contributed by atoms with Crippen molar-refractivity contribution in [3.8, 4) is 5.75 Å². The van der Waals surface area contributed by atoms with Gasteiger partial charge < -0.3 is 30.1 Å². The molecular formula is C18H25NO7. The van der Waals surface area contributed by atoms with Crippen LogP contribution in [-0.2, 0) is 14.3 Å². The molecule has 0 aromatic heterocycles. The third kappa shape index (κ3) is 4.72. The molecule has 0 radical (unpaired) electrons. The molecule has 1 aliphatic heterocycles. The van der Waals surface area contributed by atoms with Gasteiger partial charge in [-0.25, -0.2) is 4.79 Å². The van der Waals surface area contributed by atoms with Gasteiger partial charge in [-0.05, 0) is 25.5 Å². The molecular weight excluding hydrogens is 342 g/mol. The summed E-state index contributed by atoms with van der Waals surface area (Å²) in [6.45, 7) is 3.22. The fourth-order valence-corrected chi connectivity index (χ4v) is 2.86. The molecule has 144 valence electrons. The average molecular weight is 367 g/mol. The minimum atomic E-state index is -1.34. The van der Waals surface area contributed by atoms with Crippen molar-refractivity contribution in [1.29, 1.82) is 0 Å². The number of aromatic hydroxyl groups is 1. The summed E-state index contributed by atoms with van der Waals surface area (Å²) in [5.74, 6) is -1.21. The molecule has 1 heterocycles. The first-order chi connectivity index (χ1) is 12.3. The van der Waals surface area contributed by atoms with E-state index in [2.05, 4.69) is 5.32 Å². The zero-order valence-electron chi connectivity index (χ0n) is 14.8. The Labute approximate surface area is 151 Å². The highest BCUT2D eigenvalue weighted by Crippen LogP contribution is 2.23. The normalized spacial score (nSPS) is 28.4. The van der Waals surface area contributed by atoms with E-state index in [0.29, 0.717) is 12.8 Å². The van der Waals surface area contributed by atoms with Crippen molar-refractivity contribution in [2.24, 2.45) is 0 Å². The molecule has 8 heteroatoms. The number of aliphatic hydroxyl groups is 2. The molecule has 4 N–H and O–H groups in total. The minimum Gasteiger partial charge on any atom is -0.507 e. The summed E-state index contributed by atoms with van der Waals surface area (Å²) in [7, 11) is 0. The molecule has 2 rings (SSSR count). The van der Waals surface area contributed by atoms with Crippen molar-refractivity contribution in [2.45, 2.75) is 57.1 Å². The molecule has 1 aromatic rings. The number of benzene rings is 1. The summed E-state index contributed by atoms with van der Waals surface area (Å²) in [5.41, 5.74) is -0.00361. The first kappa shape index (κ1) is 20.2. The molecule has 0 aliphatic carbocycles. The summed E-state index contributed by atoms with van der Waals surface area (Å²) in [6, 6.07) is 5.17. The van der Waals surface area contributed by atoms with Gasteiger partial charge in [0.15, 0.2) is 0 Å². The van der Waals surface area contributed by atoms with E-state index in [1.54, 1.807) is 19.1 Å². The smallest absolute Gasteiger partial charge is 0.342 e. The second-order valence-electron chi connectivity index (χ2n) is 6.32. The van der Waals surface area contributed by atoms with E-state index in [1.807, 2.05) is 6.92 Å². The quantitative estimate of drug-likeness (QED) is 0.534. The van der Waals surface area contributed by atoms with E-state index in [4.69, 9.17) is 9.47 Å². The molecule has 1 amide bonds. The standard InChI is InChI=1S/C18H25NO7/c1-3-6-14(21)19-15-10(2)26-13(16(22)17(15)23)9-25-18(24)11-7-4-5-8-12(11)20/h4-5,7-8,10,13,15-17,20,22-23H,3,6,9H2,1-2H3,(H,19,21)/t10?,13-,15+,16-,17-/m1/s1. The maximum Gasteiger partial charge on any atom is 0.342 e. The van der Waals surface area contributed by atoms with Crippen LogP contribution in [0.3, 0.4) is 0 Å². The summed E-state index contributed by atoms with van der Waals surface area (Å²) in [4.78, 5) is 23.8. The Morgan fingerprint density at radius 2 is 1.92 bits per heavy atom. The van der Waals surface area contributed by atoms with E-state index >= 15 is 0 Å². The van der Waals surface area contributed by atoms with Gasteiger partial charge >= 0.3 is 5.97 Å². The molecule has 1 aliphatic rings. The monoisotopic (exact) mass is 367 g/mol. The van der Waals surface area contributed by atoms with E-state index < -0.39 is 36.4 Å². The number of nitrogens with one attached hydrogen (secondary N) is 1. The van der Waals surface area contributed by atoms with Crippen molar-refractivity contribution in [1.82, 2.24) is 5.32 Å². The van der Waals surface area contributed by atoms with Crippen molar-refractivity contribution >= 4 is 11.9 Å². The van der Waals surface area contributed by atoms with Crippen LogP contribution >= 0.6 is 0 Å². The number of esters is 1. The van der Waals surface area contributed by atoms with Gasteiger partial charge in [0.2, 0.25) is 5.91 Å². The number of hydrogen-bond acceptors (Lipinski definition) is 7. The number of hydrogen-bond donors (Lipinski definition) is 4. The molecule has 1 fully saturated rings. The number of amides is 1. The lowest BCUT2D eigenvalue weighted by atomic mass is 9.93. The Kier molecular flexibility index (Phi) is 6.96. The van der Waals surface area contributed by atoms with E-state index in [-0.39, 0.29) is 23.8 Å². The Balaban J connectivity index is 1.95. The number of ether oxygens (including phenoxy) is 2. The molecule has 1 unspecified atom stereocenters. The Morgan fingerprint density at radius 1 is 1.23 bits per heavy atom. The third-order valence-corrected chi connectivity index (χ3v) is 4.30. The Morgan fingerprint density at radius 3 is 2.58 bits per heavy atom. The van der Waals surface area contributed by atoms with Gasteiger partial charge in [0.05, 0.1) is 12.1 Å². The van der Waals surface area contributed by atoms with Crippen molar-refractivity contribution in [2.75, 3.05) is 6.61 Å². The predicted octanol–water partition coefficient (Wildman–Crippen LogP) is 0.343. The molecule has 8 nitrogen and oxygen atoms in total. The fraction of sp³-hybridized carbons (Fsp3) is 0.556. The largest absolute Gasteiger partial charge is 0.507 e. The first-order valence-electron chi connectivity index (χ1n) is 8.61. The SMILES string of the molecule is CCCC(=O)N[C@H]1C(C)O[C@H](COC(=O)c2ccccc2O)[C@@H](O)[C@@H]1O. The van der Waals surface area contributed by atoms with Gasteiger partial charge in [0, 0.05) is 6.42 Å². The Hall–Kier alpha value is -2.16. The van der Waals surface area contributed by atoms with Crippen molar-refractivity contribution in [3.63, 3.8) is 0 Å². The highest BCUT2D eigenvalue weighted by molar-refractivity contribution is 5.92. The summed E-state index contributed by atoms with van der Waals surface area (Å²) >= 11 is 0. The van der Waals surface area contributed by atoms with Crippen LogP contribution in [0.15, 0.2) is 24.3 Å². The summed E-state index contributed by atoms with van der Waals surface area (Å²) in [6.07, 6.45) is -3.15. The molecule has 26 heavy (non-hydrogen) atoms. The van der Waals surface area contributed by atoms with Crippen LogP contribution in [0, 0.1) is 0 Å². The molecule has 1 aromatic carbocycles. The lowest BCUT2D eigenvalue weighted by Crippen LogP contribution is -2.63. The number of phenolic OH excluding ortho intramolecular Hbond substituents is 1. The molecule has 0 bridgehead atoms. The van der Waals surface area contributed by atoms with Gasteiger partial charge in [-0.2, -0.15) is 0 Å². The zero-order chi connectivity index (χ0) is 19.3. The zero-order valence-corrected chi connectivity index (χ0v) is 14.8. The van der Waals surface area contributed by atoms with Crippen LogP contribution in [0.5, 0.6) is 5.75 Å². The highest BCUT2D eigenvalue weighted by Gasteiger charge is 2.43. The van der Waals surface area contributed by atoms with Crippen LogP contribution in [0.4, 0.5) is 0 Å². The van der Waals surface area contributed by atoms with Gasteiger partial charge in [-0.3, -0.25) is 4.79 Å². The van der Waals surface area contributed by atoms with Crippen molar-refractivity contribution < 1.29 is 34.4 Å². The number of carbonyl (C=O) groups is 2. The van der Waals surface area contributed by atoms with E-state index in [9.17, 15) is 24.9 Å². The van der Waals surface area contributed by atoms with Crippen LogP contribution < -0.4 is 5.32 Å². The number of rotatable bonds is 6. The number of para-hydroxylation sites is 1. The topological polar surface area (TPSA) is 125 Å². The maximum absolute atomic E-state index is 12.0. The second-order valence-corrected chi connectivity index (χ2v) is 6.32. The van der Waals surface area contributed by atoms with Gasteiger partial charge in [-0.1, -0.05) is 19.1 Å². The summed E-state index contributed by atoms with van der Waals surface area (Å²) in [5, 5.41) is 32.8. The van der Waals surface area contributed by atoms with E-state index in [1.165, 1.54) is 12.1 Å². The maximum atomic E-state index is 12.0. The van der Waals surface area contributed by atoms with Crippen LogP contribution in [0.2, 0.25) is 0 Å². The Bertz CT molecular complexity index is 636. The first-order valence-corrected chi connectivity index (χ1v) is 8.61. The molecule has 1 saturated heterocycles. The molecule has 0 spiro atoms. The second kappa shape index (κ2) is 8.98. The third-order valence-electron chi connectivity index (χ3n) is 4.30. The number of carbonyl (C=O) groups excluding carboxylic acids is 2. The average Bonchev–Trinajstić information content (AvgIpc) is 2.61. The number of aliphatic hydroxyl groups excluding tert-OH is 2. The van der Waals surface area contributed by atoms with Gasteiger partial charge in [0.1, 0.15) is 36.2 Å². The van der Waals surface area contributed by atoms with Crippen LogP contribution in [0.25, 0.3) is 0 Å². The summed E-state index contributed by atoms with van der Waals surface area (Å²) < 4.78 is 10.7. The molecule has 5 atom stereocenters. The predicted molar refractivity (Wildman–Crippen MR) is 91.6 cm³/mol. The number of phenols is 1. The van der Waals surface area contributed by atoms with Gasteiger partial charge in [0.25, 0.3) is 0 Å². The van der Waals surface area contributed by atoms with Crippen molar-refractivity contribution in [3.05, 3.63) is 29.8 Å². The lowest BCUT2D eigenvalue weighted by Gasteiger charge is -2.41. The fourth-order valence-electron chi connectivity index (χ4n) is 2.86. The van der Waals surface area contributed by atoms with Crippen LogP contribution in [-0.4, -0.2) is 64.3 Å². The minimum absolute atomic E-state index is 0.00361. The van der Waals surface area contributed by atoms with Gasteiger partial charge in [-0.15, -0.1) is 0 Å².